The minimum Gasteiger partial charge on any atom is -0.619 e. The van der Waals surface area contributed by atoms with Crippen LogP contribution in [0, 0.1) is 11.1 Å². The number of benzene rings is 2. The average molecular weight is 822 g/mol. The molecule has 1 fully saturated rings. The third-order valence-corrected chi connectivity index (χ3v) is 9.83. The third kappa shape index (κ3) is 12.0. The molecule has 1 aliphatic rings. The molecule has 19 heteroatoms. The van der Waals surface area contributed by atoms with Gasteiger partial charge in [0, 0.05) is 17.5 Å². The molecule has 13 nitrogen and oxygen atoms in total. The SMILES string of the molecule is COc1ccc(C(=O)SCC(=O)O[C@@H](Cc2c(Cl)c[n+]([O-])cc2Cl)c2ccc(OC(F)F)c(OCC3CC3)c2)cc1N(C(=O)OC(C)(C)C)S(C)(=O)=O. The second kappa shape index (κ2) is 17.4. The molecule has 2 aromatic carbocycles. The number of anilines is 1. The number of sulfonamides is 1. The molecule has 1 aromatic heterocycles. The van der Waals surface area contributed by atoms with Gasteiger partial charge in [-0.15, -0.1) is 0 Å². The lowest BCUT2D eigenvalue weighted by Gasteiger charge is -2.27. The van der Waals surface area contributed by atoms with Gasteiger partial charge in [0.25, 0.3) is 0 Å². The quantitative estimate of drug-likeness (QED) is 0.0868. The number of amides is 1. The first kappa shape index (κ1) is 41.7. The van der Waals surface area contributed by atoms with E-state index >= 15 is 0 Å². The van der Waals surface area contributed by atoms with Gasteiger partial charge in [-0.05, 0) is 75.4 Å². The monoisotopic (exact) mass is 820 g/mol. The van der Waals surface area contributed by atoms with E-state index in [1.165, 1.54) is 37.4 Å². The minimum absolute atomic E-state index is 0.0206. The molecule has 0 unspecified atom stereocenters. The third-order valence-electron chi connectivity index (χ3n) is 7.29. The molecule has 0 bridgehead atoms. The van der Waals surface area contributed by atoms with Crippen LogP contribution < -0.4 is 23.2 Å². The van der Waals surface area contributed by atoms with Crippen molar-refractivity contribution < 1.29 is 60.0 Å². The van der Waals surface area contributed by atoms with Crippen LogP contribution in [0.3, 0.4) is 0 Å². The minimum atomic E-state index is -4.29. The van der Waals surface area contributed by atoms with Crippen molar-refractivity contribution >= 4 is 67.9 Å². The van der Waals surface area contributed by atoms with Crippen LogP contribution >= 0.6 is 35.0 Å². The molecule has 1 heterocycles. The Bertz CT molecular complexity index is 1940. The van der Waals surface area contributed by atoms with E-state index < -0.39 is 51.3 Å². The Balaban J connectivity index is 1.59. The molecule has 0 N–H and O–H groups in total. The molecule has 1 saturated carbocycles. The summed E-state index contributed by atoms with van der Waals surface area (Å²) in [4.78, 5) is 39.6. The maximum Gasteiger partial charge on any atom is 0.429 e. The smallest absolute Gasteiger partial charge is 0.429 e. The average Bonchev–Trinajstić information content (AvgIpc) is 3.87. The van der Waals surface area contributed by atoms with Crippen molar-refractivity contribution in [2.75, 3.05) is 30.0 Å². The summed E-state index contributed by atoms with van der Waals surface area (Å²) in [5.41, 5.74) is -0.935. The molecule has 3 aromatic rings. The highest BCUT2D eigenvalue weighted by molar-refractivity contribution is 8.14. The lowest BCUT2D eigenvalue weighted by molar-refractivity contribution is -0.605. The number of carbonyl (C=O) groups excluding carboxylic acids is 3. The zero-order chi connectivity index (χ0) is 39.2. The number of hydrogen-bond acceptors (Lipinski definition) is 12. The van der Waals surface area contributed by atoms with Gasteiger partial charge in [0.05, 0.1) is 25.7 Å². The van der Waals surface area contributed by atoms with Crippen molar-refractivity contribution in [3.63, 3.8) is 0 Å². The summed E-state index contributed by atoms with van der Waals surface area (Å²) in [5.74, 6) is -1.50. The number of nitrogens with zero attached hydrogens (tertiary/aromatic N) is 2. The van der Waals surface area contributed by atoms with Crippen LogP contribution in [0.15, 0.2) is 48.8 Å². The van der Waals surface area contributed by atoms with Crippen LogP contribution in [-0.4, -0.2) is 63.5 Å². The van der Waals surface area contributed by atoms with Gasteiger partial charge in [-0.25, -0.2) is 13.2 Å². The Hall–Kier alpha value is -4.06. The molecule has 0 spiro atoms. The summed E-state index contributed by atoms with van der Waals surface area (Å²) in [6, 6.07) is 7.71. The standard InChI is InChI=1S/C34H36Cl2F2N2O11S2/c1-34(2,3)51-33(43)40(53(5,45)46)25-12-21(9-10-26(25)47-4)31(42)52-18-30(41)49-28(14-22-23(35)15-39(44)16-24(22)36)20-8-11-27(50-32(37)38)29(13-20)48-17-19-6-7-19/h8-13,15-16,19,28,32H,6-7,14,17-18H2,1-5H3/t28-/m0/s1. The fraction of sp³-hybridized carbons (Fsp3) is 0.412. The van der Waals surface area contributed by atoms with E-state index in [9.17, 15) is 36.8 Å². The highest BCUT2D eigenvalue weighted by Crippen LogP contribution is 2.38. The van der Waals surface area contributed by atoms with E-state index in [0.717, 1.165) is 37.6 Å². The van der Waals surface area contributed by atoms with E-state index in [1.54, 1.807) is 20.8 Å². The molecule has 53 heavy (non-hydrogen) atoms. The lowest BCUT2D eigenvalue weighted by atomic mass is 10.0. The van der Waals surface area contributed by atoms with Gasteiger partial charge in [0.2, 0.25) is 15.1 Å². The second-order valence-corrected chi connectivity index (χ2v) is 16.4. The zero-order valence-corrected chi connectivity index (χ0v) is 32.2. The van der Waals surface area contributed by atoms with Gasteiger partial charge in [0.1, 0.15) is 33.2 Å². The topological polar surface area (TPSA) is 162 Å². The molecule has 4 rings (SSSR count). The lowest BCUT2D eigenvalue weighted by Crippen LogP contribution is -2.40. The summed E-state index contributed by atoms with van der Waals surface area (Å²) < 4.78 is 79.3. The first-order chi connectivity index (χ1) is 24.7. The number of halogens is 4. The number of hydrogen-bond donors (Lipinski definition) is 0. The largest absolute Gasteiger partial charge is 0.619 e. The summed E-state index contributed by atoms with van der Waals surface area (Å²) in [5, 5.41) is 11.1. The fourth-order valence-corrected chi connectivity index (χ4v) is 6.77. The summed E-state index contributed by atoms with van der Waals surface area (Å²) in [6.07, 6.45) is 2.14. The number of thioether (sulfide) groups is 1. The predicted octanol–water partition coefficient (Wildman–Crippen LogP) is 7.13. The van der Waals surface area contributed by atoms with Crippen molar-refractivity contribution in [1.29, 1.82) is 0 Å². The van der Waals surface area contributed by atoms with Crippen LogP contribution in [0.1, 0.15) is 61.2 Å². The van der Waals surface area contributed by atoms with E-state index in [4.69, 9.17) is 42.1 Å². The first-order valence-electron chi connectivity index (χ1n) is 15.8. The maximum atomic E-state index is 13.3. The van der Waals surface area contributed by atoms with Crippen molar-refractivity contribution in [1.82, 2.24) is 0 Å². The summed E-state index contributed by atoms with van der Waals surface area (Å²) in [6.45, 7) is 1.75. The Kier molecular flexibility index (Phi) is 13.7. The number of rotatable bonds is 15. The van der Waals surface area contributed by atoms with Gasteiger partial charge in [-0.2, -0.15) is 17.8 Å². The normalized spacial score (nSPS) is 13.6. The number of esters is 1. The fourth-order valence-electron chi connectivity index (χ4n) is 4.75. The maximum absolute atomic E-state index is 13.3. The van der Waals surface area contributed by atoms with Gasteiger partial charge < -0.3 is 28.9 Å². The first-order valence-corrected chi connectivity index (χ1v) is 19.4. The van der Waals surface area contributed by atoms with E-state index in [2.05, 4.69) is 4.74 Å². The van der Waals surface area contributed by atoms with E-state index in [0.29, 0.717) is 20.8 Å². The molecule has 0 radical (unpaired) electrons. The van der Waals surface area contributed by atoms with E-state index in [-0.39, 0.29) is 68.6 Å². The highest BCUT2D eigenvalue weighted by atomic mass is 35.5. The van der Waals surface area contributed by atoms with Crippen molar-refractivity contribution in [3.8, 4) is 17.2 Å². The zero-order valence-electron chi connectivity index (χ0n) is 29.1. The Morgan fingerprint density at radius 2 is 1.68 bits per heavy atom. The van der Waals surface area contributed by atoms with Crippen LogP contribution in [0.2, 0.25) is 10.0 Å². The molecule has 1 atom stereocenters. The molecular formula is C34H36Cl2F2N2O11S2. The van der Waals surface area contributed by atoms with E-state index in [1.807, 2.05) is 0 Å². The second-order valence-electron chi connectivity index (χ2n) is 12.8. The van der Waals surface area contributed by atoms with Crippen LogP contribution in [0.25, 0.3) is 0 Å². The molecule has 0 saturated heterocycles. The van der Waals surface area contributed by atoms with Crippen molar-refractivity contribution in [2.24, 2.45) is 5.92 Å². The molecule has 0 aliphatic heterocycles. The van der Waals surface area contributed by atoms with Crippen LogP contribution in [0.4, 0.5) is 19.3 Å². The Labute approximate surface area is 319 Å². The number of ether oxygens (including phenoxy) is 5. The predicted molar refractivity (Wildman–Crippen MR) is 193 cm³/mol. The number of aromatic nitrogens is 1. The van der Waals surface area contributed by atoms with Gasteiger partial charge in [-0.3, -0.25) is 9.59 Å². The number of alkyl halides is 2. The van der Waals surface area contributed by atoms with Crippen molar-refractivity contribution in [2.45, 2.75) is 58.4 Å². The molecule has 1 aliphatic carbocycles. The van der Waals surface area contributed by atoms with Gasteiger partial charge >= 0.3 is 18.7 Å². The van der Waals surface area contributed by atoms with Gasteiger partial charge in [0.15, 0.2) is 23.9 Å². The molecular weight excluding hydrogens is 785 g/mol. The molecule has 1 amide bonds. The molecule has 288 valence electrons. The Morgan fingerprint density at radius 3 is 2.25 bits per heavy atom. The van der Waals surface area contributed by atoms with Crippen LogP contribution in [0.5, 0.6) is 17.2 Å². The van der Waals surface area contributed by atoms with Crippen molar-refractivity contribution in [3.05, 3.63) is 80.7 Å². The summed E-state index contributed by atoms with van der Waals surface area (Å²) in [7, 11) is -3.04. The highest BCUT2D eigenvalue weighted by Gasteiger charge is 2.34. The number of carbonyl (C=O) groups is 3. The number of methoxy groups -OCH3 is 1. The van der Waals surface area contributed by atoms with Crippen LogP contribution in [-0.2, 0) is 30.7 Å². The van der Waals surface area contributed by atoms with Gasteiger partial charge in [-0.1, -0.05) is 41.0 Å². The number of pyridine rings is 1. The Morgan fingerprint density at radius 1 is 1.04 bits per heavy atom. The summed E-state index contributed by atoms with van der Waals surface area (Å²) >= 11 is 13.1.